The Balaban J connectivity index is 2.18. The summed E-state index contributed by atoms with van der Waals surface area (Å²) in [6, 6.07) is 3.47. The van der Waals surface area contributed by atoms with E-state index in [0.29, 0.717) is 12.2 Å². The third kappa shape index (κ3) is 6.31. The van der Waals surface area contributed by atoms with E-state index in [2.05, 4.69) is 17.3 Å². The van der Waals surface area contributed by atoms with Gasteiger partial charge in [-0.05, 0) is 18.6 Å². The summed E-state index contributed by atoms with van der Waals surface area (Å²) in [4.78, 5) is 15.4. The molecule has 0 aliphatic carbocycles. The fourth-order valence-electron chi connectivity index (χ4n) is 1.71. The number of nitrogens with one attached hydrogen (secondary N) is 1. The van der Waals surface area contributed by atoms with Crippen LogP contribution in [0.2, 0.25) is 0 Å². The van der Waals surface area contributed by atoms with Crippen molar-refractivity contribution in [2.24, 2.45) is 5.84 Å². The van der Waals surface area contributed by atoms with Gasteiger partial charge in [-0.15, -0.1) is 0 Å². The second kappa shape index (κ2) is 9.47. The van der Waals surface area contributed by atoms with E-state index in [0.717, 1.165) is 18.7 Å². The molecule has 0 bridgehead atoms. The maximum atomic E-state index is 11.2. The van der Waals surface area contributed by atoms with Gasteiger partial charge >= 0.3 is 0 Å². The molecule has 0 aliphatic heterocycles. The van der Waals surface area contributed by atoms with Crippen molar-refractivity contribution in [1.29, 1.82) is 0 Å². The Morgan fingerprint density at radius 1 is 1.32 bits per heavy atom. The molecular weight excluding hydrogens is 242 g/mol. The van der Waals surface area contributed by atoms with E-state index in [-0.39, 0.29) is 5.91 Å². The molecule has 0 saturated carbocycles. The van der Waals surface area contributed by atoms with Crippen LogP contribution < -0.4 is 11.3 Å². The van der Waals surface area contributed by atoms with E-state index >= 15 is 0 Å². The first kappa shape index (κ1) is 15.6. The van der Waals surface area contributed by atoms with E-state index in [1.807, 2.05) is 0 Å². The largest absolute Gasteiger partial charge is 0.375 e. The van der Waals surface area contributed by atoms with Crippen LogP contribution in [0.1, 0.15) is 55.1 Å². The van der Waals surface area contributed by atoms with Crippen LogP contribution in [0.3, 0.4) is 0 Å². The molecule has 0 fully saturated rings. The molecule has 1 aromatic rings. The third-order valence-electron chi connectivity index (χ3n) is 2.86. The summed E-state index contributed by atoms with van der Waals surface area (Å²) in [5.41, 5.74) is 3.34. The van der Waals surface area contributed by atoms with Gasteiger partial charge < -0.3 is 4.74 Å². The Labute approximate surface area is 114 Å². The molecule has 19 heavy (non-hydrogen) atoms. The number of carbonyl (C=O) groups is 1. The minimum Gasteiger partial charge on any atom is -0.375 e. The van der Waals surface area contributed by atoms with Crippen LogP contribution in [0.5, 0.6) is 0 Å². The molecule has 1 rings (SSSR count). The van der Waals surface area contributed by atoms with Crippen LogP contribution in [0.15, 0.2) is 18.3 Å². The third-order valence-corrected chi connectivity index (χ3v) is 2.86. The second-order valence-electron chi connectivity index (χ2n) is 4.48. The van der Waals surface area contributed by atoms with Crippen molar-refractivity contribution >= 4 is 5.91 Å². The fraction of sp³-hybridized carbons (Fsp3) is 0.571. The number of hydrazine groups is 1. The van der Waals surface area contributed by atoms with Crippen LogP contribution >= 0.6 is 0 Å². The van der Waals surface area contributed by atoms with Crippen molar-refractivity contribution in [3.8, 4) is 0 Å². The molecular formula is C14H23N3O2. The summed E-state index contributed by atoms with van der Waals surface area (Å²) >= 11 is 0. The molecule has 1 aromatic heterocycles. The highest BCUT2D eigenvalue weighted by Crippen LogP contribution is 2.05. The minimum absolute atomic E-state index is 0.337. The van der Waals surface area contributed by atoms with Crippen LogP contribution in [0.4, 0.5) is 0 Å². The monoisotopic (exact) mass is 265 g/mol. The molecule has 0 unspecified atom stereocenters. The minimum atomic E-state index is -0.337. The van der Waals surface area contributed by atoms with Crippen molar-refractivity contribution < 1.29 is 9.53 Å². The first-order valence-corrected chi connectivity index (χ1v) is 6.81. The van der Waals surface area contributed by atoms with Gasteiger partial charge in [0, 0.05) is 12.8 Å². The number of unbranched alkanes of at least 4 members (excludes halogenated alkanes) is 4. The van der Waals surface area contributed by atoms with E-state index in [1.54, 1.807) is 12.1 Å². The summed E-state index contributed by atoms with van der Waals surface area (Å²) < 4.78 is 5.54. The SMILES string of the molecule is CCCCCCCOCc1ccc(C(=O)NN)cn1. The standard InChI is InChI=1S/C14H23N3O2/c1-2-3-4-5-6-9-19-11-13-8-7-12(10-16-13)14(18)17-15/h7-8,10H,2-6,9,11,15H2,1H3,(H,17,18). The number of pyridine rings is 1. The smallest absolute Gasteiger partial charge is 0.266 e. The van der Waals surface area contributed by atoms with Gasteiger partial charge in [0.1, 0.15) is 0 Å². The van der Waals surface area contributed by atoms with Crippen molar-refractivity contribution in [2.45, 2.75) is 45.6 Å². The molecule has 5 heteroatoms. The Kier molecular flexibility index (Phi) is 7.77. The van der Waals surface area contributed by atoms with Crippen molar-refractivity contribution in [3.63, 3.8) is 0 Å². The number of hydrogen-bond acceptors (Lipinski definition) is 4. The van der Waals surface area contributed by atoms with Crippen LogP contribution in [-0.2, 0) is 11.3 Å². The van der Waals surface area contributed by atoms with Crippen molar-refractivity contribution in [3.05, 3.63) is 29.6 Å². The van der Waals surface area contributed by atoms with Gasteiger partial charge in [0.15, 0.2) is 0 Å². The number of nitrogens with two attached hydrogens (primary N) is 1. The number of ether oxygens (including phenoxy) is 1. The zero-order valence-electron chi connectivity index (χ0n) is 11.5. The van der Waals surface area contributed by atoms with Crippen LogP contribution in [0.25, 0.3) is 0 Å². The maximum Gasteiger partial charge on any atom is 0.266 e. The van der Waals surface area contributed by atoms with Crippen LogP contribution in [-0.4, -0.2) is 17.5 Å². The number of rotatable bonds is 9. The van der Waals surface area contributed by atoms with Gasteiger partial charge in [-0.2, -0.15) is 0 Å². The van der Waals surface area contributed by atoms with E-state index < -0.39 is 0 Å². The zero-order valence-corrected chi connectivity index (χ0v) is 11.5. The van der Waals surface area contributed by atoms with E-state index in [1.165, 1.54) is 31.9 Å². The number of aromatic nitrogens is 1. The number of amides is 1. The topological polar surface area (TPSA) is 77.2 Å². The number of nitrogen functional groups attached to an aromatic ring is 1. The van der Waals surface area contributed by atoms with Gasteiger partial charge in [-0.25, -0.2) is 5.84 Å². The number of hydrogen-bond donors (Lipinski definition) is 2. The average molecular weight is 265 g/mol. The van der Waals surface area contributed by atoms with Gasteiger partial charge in [0.2, 0.25) is 0 Å². The highest BCUT2D eigenvalue weighted by atomic mass is 16.5. The van der Waals surface area contributed by atoms with Gasteiger partial charge in [-0.1, -0.05) is 32.6 Å². The van der Waals surface area contributed by atoms with Crippen molar-refractivity contribution in [2.75, 3.05) is 6.61 Å². The van der Waals surface area contributed by atoms with E-state index in [9.17, 15) is 4.79 Å². The van der Waals surface area contributed by atoms with Crippen LogP contribution in [0, 0.1) is 0 Å². The lowest BCUT2D eigenvalue weighted by atomic mass is 10.2. The highest BCUT2D eigenvalue weighted by Gasteiger charge is 2.03. The molecule has 106 valence electrons. The molecule has 0 aromatic carbocycles. The molecule has 0 saturated heterocycles. The second-order valence-corrected chi connectivity index (χ2v) is 4.48. The fourth-order valence-corrected chi connectivity index (χ4v) is 1.71. The van der Waals surface area contributed by atoms with Gasteiger partial charge in [-0.3, -0.25) is 15.2 Å². The summed E-state index contributed by atoms with van der Waals surface area (Å²) in [6.07, 6.45) is 7.65. The first-order chi connectivity index (χ1) is 9.27. The Morgan fingerprint density at radius 3 is 2.74 bits per heavy atom. The van der Waals surface area contributed by atoms with Gasteiger partial charge in [0.25, 0.3) is 5.91 Å². The Hall–Kier alpha value is -1.46. The molecule has 5 nitrogen and oxygen atoms in total. The molecule has 0 radical (unpaired) electrons. The highest BCUT2D eigenvalue weighted by molar-refractivity contribution is 5.93. The lowest BCUT2D eigenvalue weighted by Crippen LogP contribution is -2.30. The quantitative estimate of drug-likeness (QED) is 0.310. The van der Waals surface area contributed by atoms with E-state index in [4.69, 9.17) is 10.6 Å². The molecule has 0 spiro atoms. The zero-order chi connectivity index (χ0) is 13.9. The molecule has 0 atom stereocenters. The molecule has 1 amide bonds. The summed E-state index contributed by atoms with van der Waals surface area (Å²) in [6.45, 7) is 3.45. The number of nitrogens with zero attached hydrogens (tertiary/aromatic N) is 1. The average Bonchev–Trinajstić information content (AvgIpc) is 2.46. The molecule has 3 N–H and O–H groups in total. The Bertz CT molecular complexity index is 365. The van der Waals surface area contributed by atoms with Gasteiger partial charge in [0.05, 0.1) is 17.9 Å². The lowest BCUT2D eigenvalue weighted by Gasteiger charge is -2.05. The normalized spacial score (nSPS) is 10.4. The maximum absolute atomic E-state index is 11.2. The summed E-state index contributed by atoms with van der Waals surface area (Å²) in [5, 5.41) is 0. The summed E-state index contributed by atoms with van der Waals surface area (Å²) in [5.74, 6) is 4.70. The molecule has 0 aliphatic rings. The predicted octanol–water partition coefficient (Wildman–Crippen LogP) is 2.17. The first-order valence-electron chi connectivity index (χ1n) is 6.81. The Morgan fingerprint density at radius 2 is 2.11 bits per heavy atom. The summed E-state index contributed by atoms with van der Waals surface area (Å²) in [7, 11) is 0. The molecule has 1 heterocycles. The predicted molar refractivity (Wildman–Crippen MR) is 74.3 cm³/mol. The number of carbonyl (C=O) groups excluding carboxylic acids is 1. The lowest BCUT2D eigenvalue weighted by molar-refractivity contribution is 0.0952. The van der Waals surface area contributed by atoms with Crippen molar-refractivity contribution in [1.82, 2.24) is 10.4 Å².